The van der Waals surface area contributed by atoms with Gasteiger partial charge in [0, 0.05) is 35.6 Å². The molecule has 0 saturated carbocycles. The molecule has 0 fully saturated rings. The normalized spacial score (nSPS) is 16.5. The van der Waals surface area contributed by atoms with E-state index in [2.05, 4.69) is 6.92 Å². The van der Waals surface area contributed by atoms with Gasteiger partial charge in [-0.05, 0) is 60.4 Å². The smallest absolute Gasteiger partial charge is 0.257 e. The van der Waals surface area contributed by atoms with Crippen LogP contribution in [0.2, 0.25) is 0 Å². The SMILES string of the molecule is CC.CC[C@@H](C=O)c1cc2n(c(=O)c1COC)Cc1c-2nc2cc(F)c(C)c3c2c1[C@@H](C)CC3. The van der Waals surface area contributed by atoms with Crippen LogP contribution < -0.4 is 5.56 Å². The van der Waals surface area contributed by atoms with Crippen LogP contribution in [-0.4, -0.2) is 22.9 Å². The molecule has 3 heterocycles. The number of carbonyl (C=O) groups is 1. The molecule has 1 aliphatic carbocycles. The van der Waals surface area contributed by atoms with Gasteiger partial charge in [0.15, 0.2) is 0 Å². The van der Waals surface area contributed by atoms with Gasteiger partial charge in [0.2, 0.25) is 0 Å². The van der Waals surface area contributed by atoms with Gasteiger partial charge < -0.3 is 14.1 Å². The summed E-state index contributed by atoms with van der Waals surface area (Å²) in [5.74, 6) is -0.320. The van der Waals surface area contributed by atoms with Crippen molar-refractivity contribution in [1.29, 1.82) is 0 Å². The molecule has 0 radical (unpaired) electrons. The Bertz CT molecular complexity index is 1340. The number of hydrogen-bond acceptors (Lipinski definition) is 4. The fraction of sp³-hybridized carbons (Fsp3) is 0.464. The highest BCUT2D eigenvalue weighted by molar-refractivity contribution is 5.93. The minimum absolute atomic E-state index is 0.139. The molecule has 6 heteroatoms. The number of halogens is 1. The number of fused-ring (bicyclic) bond motifs is 4. The van der Waals surface area contributed by atoms with Crippen molar-refractivity contribution in [2.24, 2.45) is 0 Å². The standard InChI is InChI=1S/C26H27FN2O3.C2H6/c1-5-15(11-30)17-8-22-25-18(10-29(22)26(31)19(17)12-32-4)23-13(2)6-7-16-14(3)20(27)9-21(28-25)24(16)23;1-2/h8-9,11,13,15H,5-7,10,12H2,1-4H3;1-2H3/t13-,15-;/m0./s1. The number of rotatable bonds is 5. The average Bonchev–Trinajstić information content (AvgIpc) is 3.21. The van der Waals surface area contributed by atoms with Crippen LogP contribution in [0.25, 0.3) is 22.3 Å². The van der Waals surface area contributed by atoms with Gasteiger partial charge in [0.1, 0.15) is 12.1 Å². The highest BCUT2D eigenvalue weighted by Crippen LogP contribution is 2.45. The maximum Gasteiger partial charge on any atom is 0.257 e. The van der Waals surface area contributed by atoms with Gasteiger partial charge in [-0.1, -0.05) is 27.7 Å². The molecule has 3 aromatic rings. The lowest BCUT2D eigenvalue weighted by molar-refractivity contribution is -0.109. The summed E-state index contributed by atoms with van der Waals surface area (Å²) in [6.07, 6.45) is 3.26. The first-order valence-corrected chi connectivity index (χ1v) is 12.3. The lowest BCUT2D eigenvalue weighted by Crippen LogP contribution is -2.26. The third kappa shape index (κ3) is 3.50. The van der Waals surface area contributed by atoms with Crippen molar-refractivity contribution in [3.63, 3.8) is 0 Å². The number of benzene rings is 1. The van der Waals surface area contributed by atoms with E-state index in [1.54, 1.807) is 11.7 Å². The molecule has 1 aliphatic heterocycles. The van der Waals surface area contributed by atoms with Crippen molar-refractivity contribution < 1.29 is 13.9 Å². The van der Waals surface area contributed by atoms with Gasteiger partial charge in [-0.25, -0.2) is 9.37 Å². The van der Waals surface area contributed by atoms with Crippen LogP contribution in [0.4, 0.5) is 4.39 Å². The van der Waals surface area contributed by atoms with Crippen molar-refractivity contribution in [3.8, 4) is 11.4 Å². The molecule has 2 aliphatic rings. The zero-order valence-corrected chi connectivity index (χ0v) is 20.9. The Morgan fingerprint density at radius 1 is 1.29 bits per heavy atom. The summed E-state index contributed by atoms with van der Waals surface area (Å²) >= 11 is 0. The summed E-state index contributed by atoms with van der Waals surface area (Å²) in [5, 5.41) is 1.05. The van der Waals surface area contributed by atoms with Crippen LogP contribution in [0.5, 0.6) is 0 Å². The van der Waals surface area contributed by atoms with Crippen molar-refractivity contribution in [2.75, 3.05) is 7.11 Å². The fourth-order valence-corrected chi connectivity index (χ4v) is 5.60. The van der Waals surface area contributed by atoms with E-state index in [4.69, 9.17) is 9.72 Å². The predicted molar refractivity (Wildman–Crippen MR) is 133 cm³/mol. The van der Waals surface area contributed by atoms with Gasteiger partial charge in [0.05, 0.1) is 30.1 Å². The van der Waals surface area contributed by atoms with E-state index in [0.29, 0.717) is 46.8 Å². The quantitative estimate of drug-likeness (QED) is 0.351. The average molecular weight is 465 g/mol. The van der Waals surface area contributed by atoms with Crippen LogP contribution in [0, 0.1) is 12.7 Å². The van der Waals surface area contributed by atoms with Crippen LogP contribution in [0.15, 0.2) is 16.9 Å². The molecule has 2 atom stereocenters. The molecule has 5 nitrogen and oxygen atoms in total. The fourth-order valence-electron chi connectivity index (χ4n) is 5.60. The maximum atomic E-state index is 14.7. The van der Waals surface area contributed by atoms with E-state index in [1.807, 2.05) is 33.8 Å². The number of aryl methyl sites for hydroxylation is 1. The first-order chi connectivity index (χ1) is 16.4. The largest absolute Gasteiger partial charge is 0.380 e. The van der Waals surface area contributed by atoms with Crippen LogP contribution in [0.3, 0.4) is 0 Å². The zero-order chi connectivity index (χ0) is 24.7. The maximum absolute atomic E-state index is 14.7. The third-order valence-corrected chi connectivity index (χ3v) is 7.35. The number of aromatic nitrogens is 2. The molecule has 0 saturated heterocycles. The number of nitrogens with zero attached hydrogens (tertiary/aromatic N) is 2. The zero-order valence-electron chi connectivity index (χ0n) is 20.9. The van der Waals surface area contributed by atoms with Gasteiger partial charge in [0.25, 0.3) is 5.56 Å². The van der Waals surface area contributed by atoms with Crippen LogP contribution in [0.1, 0.15) is 85.8 Å². The lowest BCUT2D eigenvalue weighted by atomic mass is 9.79. The second-order valence-corrected chi connectivity index (χ2v) is 9.09. The Kier molecular flexibility index (Phi) is 6.72. The first-order valence-electron chi connectivity index (χ1n) is 12.3. The molecule has 0 bridgehead atoms. The Labute approximate surface area is 200 Å². The first kappa shape index (κ1) is 24.3. The van der Waals surface area contributed by atoms with Crippen LogP contribution >= 0.6 is 0 Å². The number of carbonyl (C=O) groups excluding carboxylic acids is 1. The minimum Gasteiger partial charge on any atom is -0.380 e. The van der Waals surface area contributed by atoms with E-state index in [0.717, 1.165) is 41.3 Å². The summed E-state index contributed by atoms with van der Waals surface area (Å²) in [7, 11) is 1.55. The molecule has 34 heavy (non-hydrogen) atoms. The molecule has 0 unspecified atom stereocenters. The van der Waals surface area contributed by atoms with E-state index >= 15 is 0 Å². The van der Waals surface area contributed by atoms with E-state index < -0.39 is 0 Å². The Hall–Kier alpha value is -2.86. The monoisotopic (exact) mass is 464 g/mol. The number of aldehydes is 1. The molecule has 0 amide bonds. The Morgan fingerprint density at radius 3 is 2.68 bits per heavy atom. The Balaban J connectivity index is 0.00000133. The second-order valence-electron chi connectivity index (χ2n) is 9.09. The molecule has 5 rings (SSSR count). The van der Waals surface area contributed by atoms with Gasteiger partial charge in [-0.3, -0.25) is 4.79 Å². The van der Waals surface area contributed by atoms with Crippen molar-refractivity contribution in [1.82, 2.24) is 9.55 Å². The second kappa shape index (κ2) is 9.41. The molecule has 0 N–H and O–H groups in total. The van der Waals surface area contributed by atoms with Crippen molar-refractivity contribution in [2.45, 2.75) is 78.9 Å². The molecule has 180 valence electrons. The van der Waals surface area contributed by atoms with Crippen LogP contribution in [-0.2, 0) is 29.1 Å². The Morgan fingerprint density at radius 2 is 2.03 bits per heavy atom. The molecule has 0 spiro atoms. The van der Waals surface area contributed by atoms with E-state index in [1.165, 1.54) is 11.6 Å². The molecule has 1 aromatic carbocycles. The summed E-state index contributed by atoms with van der Waals surface area (Å²) in [6.45, 7) is 10.6. The lowest BCUT2D eigenvalue weighted by Gasteiger charge is -2.26. The van der Waals surface area contributed by atoms with Crippen molar-refractivity contribution in [3.05, 3.63) is 61.7 Å². The number of ether oxygens (including phenoxy) is 1. The predicted octanol–water partition coefficient (Wildman–Crippen LogP) is 5.79. The van der Waals surface area contributed by atoms with E-state index in [9.17, 15) is 14.0 Å². The third-order valence-electron chi connectivity index (χ3n) is 7.35. The molecular formula is C28H33FN2O3. The molecule has 2 aromatic heterocycles. The number of hydrogen-bond donors (Lipinski definition) is 0. The summed E-state index contributed by atoms with van der Waals surface area (Å²) in [6, 6.07) is 3.45. The summed E-state index contributed by atoms with van der Waals surface area (Å²) < 4.78 is 21.8. The minimum atomic E-state index is -0.382. The number of methoxy groups -OCH3 is 1. The summed E-state index contributed by atoms with van der Waals surface area (Å²) in [5.41, 5.74) is 7.15. The van der Waals surface area contributed by atoms with Crippen molar-refractivity contribution >= 4 is 17.2 Å². The summed E-state index contributed by atoms with van der Waals surface area (Å²) in [4.78, 5) is 30.2. The highest BCUT2D eigenvalue weighted by atomic mass is 19.1. The highest BCUT2D eigenvalue weighted by Gasteiger charge is 2.33. The van der Waals surface area contributed by atoms with Gasteiger partial charge in [-0.15, -0.1) is 0 Å². The van der Waals surface area contributed by atoms with Gasteiger partial charge in [-0.2, -0.15) is 0 Å². The van der Waals surface area contributed by atoms with Gasteiger partial charge >= 0.3 is 0 Å². The molecular weight excluding hydrogens is 431 g/mol. The topological polar surface area (TPSA) is 61.2 Å². The number of pyridine rings is 2. The van der Waals surface area contributed by atoms with E-state index in [-0.39, 0.29) is 23.9 Å².